The van der Waals surface area contributed by atoms with Crippen molar-refractivity contribution in [2.24, 2.45) is 0 Å². The Morgan fingerprint density at radius 1 is 1.38 bits per heavy atom. The SMILES string of the molecule is CCn1c([OH2+])cc(=O)n(CC)c1=S. The van der Waals surface area contributed by atoms with Gasteiger partial charge in [0.2, 0.25) is 0 Å². The van der Waals surface area contributed by atoms with Crippen molar-refractivity contribution in [3.8, 4) is 5.88 Å². The van der Waals surface area contributed by atoms with Crippen molar-refractivity contribution >= 4 is 12.2 Å². The van der Waals surface area contributed by atoms with Gasteiger partial charge in [-0.25, -0.2) is 4.57 Å². The first-order chi connectivity index (χ1) is 6.11. The molecule has 1 aromatic heterocycles. The smallest absolute Gasteiger partial charge is 0.344 e. The van der Waals surface area contributed by atoms with Gasteiger partial charge >= 0.3 is 5.88 Å². The van der Waals surface area contributed by atoms with Crippen LogP contribution in [0.4, 0.5) is 0 Å². The van der Waals surface area contributed by atoms with Gasteiger partial charge in [0.15, 0.2) is 4.77 Å². The second-order valence-electron chi connectivity index (χ2n) is 2.64. The molecule has 0 fully saturated rings. The molecule has 2 N–H and O–H groups in total. The fraction of sp³-hybridized carbons (Fsp3) is 0.500. The highest BCUT2D eigenvalue weighted by Gasteiger charge is 2.07. The Labute approximate surface area is 81.1 Å². The fourth-order valence-electron chi connectivity index (χ4n) is 1.21. The van der Waals surface area contributed by atoms with Crippen molar-refractivity contribution in [3.05, 3.63) is 21.2 Å². The zero-order chi connectivity index (χ0) is 10.0. The van der Waals surface area contributed by atoms with Crippen molar-refractivity contribution in [1.82, 2.24) is 9.13 Å². The van der Waals surface area contributed by atoms with Gasteiger partial charge in [0.25, 0.3) is 5.56 Å². The lowest BCUT2D eigenvalue weighted by molar-refractivity contribution is 0.401. The van der Waals surface area contributed by atoms with Gasteiger partial charge in [-0.3, -0.25) is 9.36 Å². The average Bonchev–Trinajstić information content (AvgIpc) is 2.04. The Hall–Kier alpha value is -1.10. The first-order valence-corrected chi connectivity index (χ1v) is 4.58. The fourth-order valence-corrected chi connectivity index (χ4v) is 1.66. The predicted molar refractivity (Wildman–Crippen MR) is 53.9 cm³/mol. The minimum Gasteiger partial charge on any atom is -0.580 e. The van der Waals surface area contributed by atoms with E-state index in [1.54, 1.807) is 4.57 Å². The predicted octanol–water partition coefficient (Wildman–Crippen LogP) is 0.857. The summed E-state index contributed by atoms with van der Waals surface area (Å²) in [5.41, 5.74) is -0.192. The molecular weight excluding hydrogens is 188 g/mol. The zero-order valence-electron chi connectivity index (χ0n) is 7.70. The number of aromatic nitrogens is 2. The van der Waals surface area contributed by atoms with E-state index in [1.807, 2.05) is 13.8 Å². The number of rotatable bonds is 2. The highest BCUT2D eigenvalue weighted by molar-refractivity contribution is 7.71. The summed E-state index contributed by atoms with van der Waals surface area (Å²) in [6.07, 6.45) is 0. The molecule has 0 saturated carbocycles. The Bertz CT molecular complexity index is 419. The lowest BCUT2D eigenvalue weighted by Gasteiger charge is -2.07. The van der Waals surface area contributed by atoms with E-state index in [0.29, 0.717) is 17.9 Å². The largest absolute Gasteiger partial charge is 0.580 e. The molecule has 0 bridgehead atoms. The van der Waals surface area contributed by atoms with Gasteiger partial charge in [-0.15, -0.1) is 0 Å². The van der Waals surface area contributed by atoms with Crippen LogP contribution in [0.1, 0.15) is 13.8 Å². The Balaban J connectivity index is 3.59. The molecule has 0 aliphatic carbocycles. The molecule has 4 nitrogen and oxygen atoms in total. The highest BCUT2D eigenvalue weighted by atomic mass is 32.1. The quantitative estimate of drug-likeness (QED) is 0.526. The van der Waals surface area contributed by atoms with Crippen LogP contribution in [-0.4, -0.2) is 14.2 Å². The monoisotopic (exact) mass is 201 g/mol. The van der Waals surface area contributed by atoms with Crippen LogP contribution in [0.3, 0.4) is 0 Å². The molecule has 72 valence electrons. The normalized spacial score (nSPS) is 10.3. The summed E-state index contributed by atoms with van der Waals surface area (Å²) < 4.78 is 3.54. The van der Waals surface area contributed by atoms with E-state index in [4.69, 9.17) is 17.3 Å². The molecular formula is C8H13N2O2S+. The Kier molecular flexibility index (Phi) is 2.87. The molecule has 0 aliphatic heterocycles. The Morgan fingerprint density at radius 2 is 1.92 bits per heavy atom. The van der Waals surface area contributed by atoms with Crippen molar-refractivity contribution in [2.45, 2.75) is 26.9 Å². The van der Waals surface area contributed by atoms with Crippen LogP contribution in [0, 0.1) is 4.77 Å². The number of hydrogen-bond acceptors (Lipinski definition) is 2. The van der Waals surface area contributed by atoms with Crippen LogP contribution in [0.2, 0.25) is 0 Å². The lowest BCUT2D eigenvalue weighted by Crippen LogP contribution is -2.23. The summed E-state index contributed by atoms with van der Waals surface area (Å²) in [7, 11) is 0. The van der Waals surface area contributed by atoms with Gasteiger partial charge in [0.05, 0.1) is 0 Å². The van der Waals surface area contributed by atoms with Gasteiger partial charge < -0.3 is 5.11 Å². The summed E-state index contributed by atoms with van der Waals surface area (Å²) in [4.78, 5) is 11.3. The molecule has 5 heteroatoms. The summed E-state index contributed by atoms with van der Waals surface area (Å²) >= 11 is 5.07. The standard InChI is InChI=1S/C8H12N2O2S/c1-3-9-6(11)5-7(12)10(4-2)8(9)13/h5,11H,3-4H2,1-2H3/p+1. The first-order valence-electron chi connectivity index (χ1n) is 4.18. The lowest BCUT2D eigenvalue weighted by atomic mass is 10.5. The van der Waals surface area contributed by atoms with Gasteiger partial charge in [-0.2, -0.15) is 0 Å². The first kappa shape index (κ1) is 9.98. The summed E-state index contributed by atoms with van der Waals surface area (Å²) in [5.74, 6) is 0.183. The maximum absolute atomic E-state index is 11.3. The average molecular weight is 201 g/mol. The van der Waals surface area contributed by atoms with E-state index >= 15 is 0 Å². The van der Waals surface area contributed by atoms with Crippen molar-refractivity contribution < 1.29 is 5.11 Å². The molecule has 1 heterocycles. The van der Waals surface area contributed by atoms with Gasteiger partial charge in [0, 0.05) is 13.1 Å². The third kappa shape index (κ3) is 1.65. The summed E-state index contributed by atoms with van der Waals surface area (Å²) in [5, 5.41) is 7.51. The topological polar surface area (TPSA) is 49.8 Å². The molecule has 1 rings (SSSR count). The van der Waals surface area contributed by atoms with Crippen LogP contribution in [0.15, 0.2) is 10.9 Å². The molecule has 0 saturated heterocycles. The van der Waals surface area contributed by atoms with E-state index in [2.05, 4.69) is 0 Å². The van der Waals surface area contributed by atoms with Crippen LogP contribution >= 0.6 is 12.2 Å². The van der Waals surface area contributed by atoms with Crippen molar-refractivity contribution in [2.75, 3.05) is 0 Å². The van der Waals surface area contributed by atoms with Gasteiger partial charge in [-0.05, 0) is 26.1 Å². The zero-order valence-corrected chi connectivity index (χ0v) is 8.52. The maximum Gasteiger partial charge on any atom is 0.344 e. The molecule has 0 aromatic carbocycles. The molecule has 13 heavy (non-hydrogen) atoms. The summed E-state index contributed by atoms with van der Waals surface area (Å²) in [6, 6.07) is 1.29. The van der Waals surface area contributed by atoms with E-state index in [9.17, 15) is 4.79 Å². The molecule has 0 unspecified atom stereocenters. The molecule has 0 amide bonds. The second kappa shape index (κ2) is 3.74. The van der Waals surface area contributed by atoms with Crippen molar-refractivity contribution in [3.63, 3.8) is 0 Å². The third-order valence-electron chi connectivity index (χ3n) is 1.91. The van der Waals surface area contributed by atoms with E-state index in [1.165, 1.54) is 10.6 Å². The van der Waals surface area contributed by atoms with Gasteiger partial charge in [0.1, 0.15) is 6.07 Å². The van der Waals surface area contributed by atoms with Crippen LogP contribution in [0.5, 0.6) is 5.88 Å². The molecule has 0 radical (unpaired) electrons. The summed E-state index contributed by atoms with van der Waals surface area (Å²) in [6.45, 7) is 4.94. The van der Waals surface area contributed by atoms with E-state index in [0.717, 1.165) is 0 Å². The van der Waals surface area contributed by atoms with E-state index in [-0.39, 0.29) is 11.4 Å². The molecule has 0 spiro atoms. The number of hydrogen-bond donors (Lipinski definition) is 0. The molecule has 0 aliphatic rings. The molecule has 0 atom stereocenters. The maximum atomic E-state index is 11.3. The van der Waals surface area contributed by atoms with Crippen molar-refractivity contribution in [1.29, 1.82) is 0 Å². The molecule has 1 aromatic rings. The van der Waals surface area contributed by atoms with Crippen LogP contribution < -0.4 is 5.56 Å². The van der Waals surface area contributed by atoms with E-state index < -0.39 is 0 Å². The second-order valence-corrected chi connectivity index (χ2v) is 3.00. The Morgan fingerprint density at radius 3 is 2.38 bits per heavy atom. The van der Waals surface area contributed by atoms with Gasteiger partial charge in [-0.1, -0.05) is 0 Å². The minimum absolute atomic E-state index is 0.183. The van der Waals surface area contributed by atoms with Crippen LogP contribution in [-0.2, 0) is 13.1 Å². The highest BCUT2D eigenvalue weighted by Crippen LogP contribution is 2.05. The third-order valence-corrected chi connectivity index (χ3v) is 2.35. The number of nitrogens with zero attached hydrogens (tertiary/aromatic N) is 2. The van der Waals surface area contributed by atoms with Crippen LogP contribution in [0.25, 0.3) is 0 Å². The minimum atomic E-state index is -0.192.